The van der Waals surface area contributed by atoms with Gasteiger partial charge < -0.3 is 4.43 Å². The molecule has 0 spiro atoms. The molecule has 4 nitrogen and oxygen atoms in total. The first-order chi connectivity index (χ1) is 12.9. The minimum atomic E-state index is -2.06. The zero-order chi connectivity index (χ0) is 20.9. The van der Waals surface area contributed by atoms with Gasteiger partial charge in [-0.25, -0.2) is 18.3 Å². The molecule has 0 fully saturated rings. The van der Waals surface area contributed by atoms with Crippen LogP contribution in [0.25, 0.3) is 16.8 Å². The van der Waals surface area contributed by atoms with Crippen LogP contribution in [-0.2, 0) is 11.0 Å². The lowest BCUT2D eigenvalue weighted by Gasteiger charge is -2.36. The van der Waals surface area contributed by atoms with Crippen molar-refractivity contribution in [2.75, 3.05) is 0 Å². The normalized spacial score (nSPS) is 12.8. The van der Waals surface area contributed by atoms with Crippen molar-refractivity contribution in [2.45, 2.75) is 45.5 Å². The Bertz CT molecular complexity index is 1020. The summed E-state index contributed by atoms with van der Waals surface area (Å²) in [6.07, 6.45) is 1.51. The lowest BCUT2D eigenvalue weighted by atomic mass is 10.1. The number of rotatable bonds is 4. The standard InChI is InChI=1S/C19H21Cl2F2N3OSi/c1-19(2,3)28(4,5)27-10-14-16(13-9-12(20)17(23)18(21)24-13)15-8-11(22)6-7-26(15)25-14/h6-9H,10H2,1-5H3. The highest BCUT2D eigenvalue weighted by atomic mass is 35.5. The van der Waals surface area contributed by atoms with E-state index in [1.807, 2.05) is 0 Å². The van der Waals surface area contributed by atoms with Crippen LogP contribution in [0, 0.1) is 11.6 Å². The molecule has 0 aliphatic carbocycles. The van der Waals surface area contributed by atoms with E-state index in [2.05, 4.69) is 43.9 Å². The Morgan fingerprint density at radius 3 is 2.46 bits per heavy atom. The van der Waals surface area contributed by atoms with Crippen molar-refractivity contribution >= 4 is 37.0 Å². The molecule has 0 saturated carbocycles. The number of halogens is 4. The summed E-state index contributed by atoms with van der Waals surface area (Å²) in [5, 5.41) is 4.02. The Morgan fingerprint density at radius 1 is 1.18 bits per heavy atom. The van der Waals surface area contributed by atoms with Gasteiger partial charge in [-0.05, 0) is 30.3 Å². The van der Waals surface area contributed by atoms with Gasteiger partial charge in [0.2, 0.25) is 0 Å². The molecule has 0 aliphatic rings. The summed E-state index contributed by atoms with van der Waals surface area (Å²) in [6, 6.07) is 4.01. The van der Waals surface area contributed by atoms with Gasteiger partial charge in [0.05, 0.1) is 34.1 Å². The second-order valence-corrected chi connectivity index (χ2v) is 13.7. The Balaban J connectivity index is 2.15. The van der Waals surface area contributed by atoms with Crippen LogP contribution in [0.5, 0.6) is 0 Å². The van der Waals surface area contributed by atoms with Crippen molar-refractivity contribution in [2.24, 2.45) is 0 Å². The van der Waals surface area contributed by atoms with Crippen molar-refractivity contribution in [1.29, 1.82) is 0 Å². The molecule has 0 atom stereocenters. The Labute approximate surface area is 173 Å². The Kier molecular flexibility index (Phi) is 5.57. The van der Waals surface area contributed by atoms with Crippen molar-refractivity contribution in [3.05, 3.63) is 51.9 Å². The molecule has 0 amide bonds. The van der Waals surface area contributed by atoms with E-state index in [-0.39, 0.29) is 21.8 Å². The van der Waals surface area contributed by atoms with Gasteiger partial charge in [0, 0.05) is 12.3 Å². The second kappa shape index (κ2) is 7.37. The van der Waals surface area contributed by atoms with Gasteiger partial charge in [-0.1, -0.05) is 44.0 Å². The molecule has 0 bridgehead atoms. The molecule has 3 heterocycles. The molecule has 3 aromatic rings. The highest BCUT2D eigenvalue weighted by molar-refractivity contribution is 6.74. The van der Waals surface area contributed by atoms with E-state index in [0.29, 0.717) is 22.5 Å². The lowest BCUT2D eigenvalue weighted by molar-refractivity contribution is 0.272. The summed E-state index contributed by atoms with van der Waals surface area (Å²) < 4.78 is 35.6. The highest BCUT2D eigenvalue weighted by Crippen LogP contribution is 2.38. The van der Waals surface area contributed by atoms with E-state index in [9.17, 15) is 8.78 Å². The first kappa shape index (κ1) is 21.2. The molecule has 0 radical (unpaired) electrons. The van der Waals surface area contributed by atoms with Gasteiger partial charge in [-0.15, -0.1) is 0 Å². The first-order valence-corrected chi connectivity index (χ1v) is 12.4. The second-order valence-electron chi connectivity index (χ2n) is 8.14. The van der Waals surface area contributed by atoms with Crippen LogP contribution >= 0.6 is 23.2 Å². The average Bonchev–Trinajstić information content (AvgIpc) is 2.94. The topological polar surface area (TPSA) is 39.4 Å². The van der Waals surface area contributed by atoms with Gasteiger partial charge >= 0.3 is 0 Å². The van der Waals surface area contributed by atoms with E-state index in [4.69, 9.17) is 27.6 Å². The molecule has 28 heavy (non-hydrogen) atoms. The van der Waals surface area contributed by atoms with Gasteiger partial charge in [0.25, 0.3) is 0 Å². The average molecular weight is 444 g/mol. The van der Waals surface area contributed by atoms with Gasteiger partial charge in [-0.2, -0.15) is 5.10 Å². The fraction of sp³-hybridized carbons (Fsp3) is 0.368. The van der Waals surface area contributed by atoms with Crippen molar-refractivity contribution in [3.63, 3.8) is 0 Å². The predicted molar refractivity (Wildman–Crippen MR) is 110 cm³/mol. The summed E-state index contributed by atoms with van der Waals surface area (Å²) in [5.74, 6) is -1.22. The van der Waals surface area contributed by atoms with E-state index in [1.165, 1.54) is 28.9 Å². The molecule has 3 aromatic heterocycles. The molecule has 9 heteroatoms. The Hall–Kier alpha value is -1.54. The van der Waals surface area contributed by atoms with E-state index in [0.717, 1.165) is 0 Å². The first-order valence-electron chi connectivity index (χ1n) is 8.73. The minimum absolute atomic E-state index is 0.0131. The van der Waals surface area contributed by atoms with Crippen LogP contribution < -0.4 is 0 Å². The number of hydrogen-bond acceptors (Lipinski definition) is 3. The predicted octanol–water partition coefficient (Wildman–Crippen LogP) is 6.50. The molecule has 0 aromatic carbocycles. The molecule has 0 aliphatic heterocycles. The largest absolute Gasteiger partial charge is 0.411 e. The third kappa shape index (κ3) is 3.94. The van der Waals surface area contributed by atoms with Crippen LogP contribution in [0.4, 0.5) is 8.78 Å². The fourth-order valence-electron chi connectivity index (χ4n) is 2.51. The maximum Gasteiger partial charge on any atom is 0.192 e. The quantitative estimate of drug-likeness (QED) is 0.341. The summed E-state index contributed by atoms with van der Waals surface area (Å²) in [4.78, 5) is 4.10. The Morgan fingerprint density at radius 2 is 1.86 bits per heavy atom. The third-order valence-corrected chi connectivity index (χ3v) is 10.2. The van der Waals surface area contributed by atoms with Gasteiger partial charge in [0.1, 0.15) is 5.82 Å². The van der Waals surface area contributed by atoms with Crippen molar-refractivity contribution in [3.8, 4) is 11.3 Å². The number of pyridine rings is 2. The van der Waals surface area contributed by atoms with Crippen LogP contribution in [0.15, 0.2) is 24.4 Å². The maximum atomic E-state index is 13.9. The highest BCUT2D eigenvalue weighted by Gasteiger charge is 2.37. The SMILES string of the molecule is CC(C)(C)[Si](C)(C)OCc1nn2ccc(F)cc2c1-c1cc(Cl)c(F)c(Cl)n1. The molecular formula is C19H21Cl2F2N3OSi. The number of fused-ring (bicyclic) bond motifs is 1. The smallest absolute Gasteiger partial charge is 0.192 e. The molecular weight excluding hydrogens is 423 g/mol. The molecule has 3 rings (SSSR count). The van der Waals surface area contributed by atoms with Crippen LogP contribution in [-0.4, -0.2) is 22.9 Å². The van der Waals surface area contributed by atoms with Crippen LogP contribution in [0.2, 0.25) is 28.3 Å². The van der Waals surface area contributed by atoms with Crippen LogP contribution in [0.3, 0.4) is 0 Å². The van der Waals surface area contributed by atoms with E-state index < -0.39 is 20.0 Å². The number of aromatic nitrogens is 3. The zero-order valence-electron chi connectivity index (χ0n) is 16.3. The molecule has 0 N–H and O–H groups in total. The number of nitrogens with zero attached hydrogens (tertiary/aromatic N) is 3. The third-order valence-electron chi connectivity index (χ3n) is 5.17. The molecule has 0 unspecified atom stereocenters. The summed E-state index contributed by atoms with van der Waals surface area (Å²) in [5.41, 5.74) is 1.86. The van der Waals surface area contributed by atoms with E-state index in [1.54, 1.807) is 0 Å². The fourth-order valence-corrected chi connectivity index (χ4v) is 3.88. The summed E-state index contributed by atoms with van der Waals surface area (Å²) in [6.45, 7) is 10.9. The summed E-state index contributed by atoms with van der Waals surface area (Å²) in [7, 11) is -2.06. The van der Waals surface area contributed by atoms with Crippen molar-refractivity contribution < 1.29 is 13.2 Å². The van der Waals surface area contributed by atoms with Gasteiger partial charge in [-0.3, -0.25) is 0 Å². The summed E-state index contributed by atoms with van der Waals surface area (Å²) >= 11 is 11.8. The van der Waals surface area contributed by atoms with Crippen molar-refractivity contribution in [1.82, 2.24) is 14.6 Å². The van der Waals surface area contributed by atoms with Gasteiger partial charge in [0.15, 0.2) is 19.3 Å². The lowest BCUT2D eigenvalue weighted by Crippen LogP contribution is -2.40. The van der Waals surface area contributed by atoms with Crippen LogP contribution in [0.1, 0.15) is 26.5 Å². The maximum absolute atomic E-state index is 13.9. The minimum Gasteiger partial charge on any atom is -0.411 e. The molecule has 150 valence electrons. The number of hydrogen-bond donors (Lipinski definition) is 0. The van der Waals surface area contributed by atoms with E-state index >= 15 is 0 Å². The monoisotopic (exact) mass is 443 g/mol. The zero-order valence-corrected chi connectivity index (χ0v) is 18.8. The molecule has 0 saturated heterocycles.